The Kier molecular flexibility index (Phi) is 7.32. The standard InChI is InChI=1S/C20H33N5O/c1-21-9-11-26-16-18-12-23-19(15-24(18)2)20-13-22-8-10-25(20)14-17-6-4-3-5-7-17/h3-7,12,19-23H,8-11,13-16H2,1-2H3. The van der Waals surface area contributed by atoms with Gasteiger partial charge in [-0.15, -0.1) is 0 Å². The molecule has 1 fully saturated rings. The molecule has 0 spiro atoms. The van der Waals surface area contributed by atoms with Crippen molar-refractivity contribution in [3.63, 3.8) is 0 Å². The second kappa shape index (κ2) is 9.92. The Bertz CT molecular complexity index is 565. The van der Waals surface area contributed by atoms with Crippen molar-refractivity contribution in [1.82, 2.24) is 25.8 Å². The van der Waals surface area contributed by atoms with Crippen LogP contribution in [0.15, 0.2) is 42.2 Å². The highest BCUT2D eigenvalue weighted by Gasteiger charge is 2.32. The number of piperazine rings is 1. The maximum Gasteiger partial charge on any atom is 0.0879 e. The van der Waals surface area contributed by atoms with Crippen LogP contribution in [-0.4, -0.2) is 81.9 Å². The smallest absolute Gasteiger partial charge is 0.0879 e. The molecule has 3 rings (SSSR count). The van der Waals surface area contributed by atoms with Gasteiger partial charge in [0.25, 0.3) is 0 Å². The molecule has 0 aliphatic carbocycles. The molecule has 144 valence electrons. The van der Waals surface area contributed by atoms with E-state index < -0.39 is 0 Å². The molecule has 2 aliphatic rings. The minimum absolute atomic E-state index is 0.414. The van der Waals surface area contributed by atoms with Gasteiger partial charge in [-0.05, 0) is 12.6 Å². The Hall–Kier alpha value is -1.60. The molecule has 0 bridgehead atoms. The lowest BCUT2D eigenvalue weighted by Crippen LogP contribution is -2.62. The topological polar surface area (TPSA) is 51.8 Å². The summed E-state index contributed by atoms with van der Waals surface area (Å²) in [5.74, 6) is 0. The molecule has 2 unspecified atom stereocenters. The highest BCUT2D eigenvalue weighted by Crippen LogP contribution is 2.17. The van der Waals surface area contributed by atoms with Crippen LogP contribution in [0.2, 0.25) is 0 Å². The van der Waals surface area contributed by atoms with Crippen LogP contribution < -0.4 is 16.0 Å². The molecule has 1 aromatic carbocycles. The summed E-state index contributed by atoms with van der Waals surface area (Å²) in [4.78, 5) is 4.94. The molecule has 2 aliphatic heterocycles. The number of benzene rings is 1. The largest absolute Gasteiger partial charge is 0.383 e. The summed E-state index contributed by atoms with van der Waals surface area (Å²) in [7, 11) is 4.11. The number of hydrogen-bond donors (Lipinski definition) is 3. The fourth-order valence-corrected chi connectivity index (χ4v) is 3.69. The van der Waals surface area contributed by atoms with Crippen molar-refractivity contribution in [2.24, 2.45) is 0 Å². The van der Waals surface area contributed by atoms with E-state index in [1.54, 1.807) is 0 Å². The summed E-state index contributed by atoms with van der Waals surface area (Å²) >= 11 is 0. The highest BCUT2D eigenvalue weighted by molar-refractivity contribution is 5.15. The predicted molar refractivity (Wildman–Crippen MR) is 106 cm³/mol. The minimum Gasteiger partial charge on any atom is -0.383 e. The number of nitrogens with zero attached hydrogens (tertiary/aromatic N) is 2. The second-order valence-corrected chi connectivity index (χ2v) is 7.17. The summed E-state index contributed by atoms with van der Waals surface area (Å²) in [5, 5.41) is 10.3. The first kappa shape index (κ1) is 19.2. The lowest BCUT2D eigenvalue weighted by Gasteiger charge is -2.44. The van der Waals surface area contributed by atoms with Gasteiger partial charge in [-0.3, -0.25) is 4.90 Å². The van der Waals surface area contributed by atoms with E-state index in [1.165, 1.54) is 11.3 Å². The average Bonchev–Trinajstić information content (AvgIpc) is 2.67. The van der Waals surface area contributed by atoms with E-state index in [1.807, 2.05) is 7.05 Å². The van der Waals surface area contributed by atoms with E-state index in [-0.39, 0.29) is 0 Å². The van der Waals surface area contributed by atoms with E-state index in [0.717, 1.165) is 45.9 Å². The minimum atomic E-state index is 0.414. The molecule has 0 saturated carbocycles. The van der Waals surface area contributed by atoms with E-state index in [4.69, 9.17) is 4.74 Å². The molecular formula is C20H33N5O. The van der Waals surface area contributed by atoms with Crippen LogP contribution in [0.4, 0.5) is 0 Å². The molecule has 6 nitrogen and oxygen atoms in total. The SMILES string of the molecule is CNCCOCC1=CNC(C2CNCCN2Cc2ccccc2)CN1C. The predicted octanol–water partition coefficient (Wildman–Crippen LogP) is 0.441. The van der Waals surface area contributed by atoms with Crippen molar-refractivity contribution in [2.45, 2.75) is 18.6 Å². The van der Waals surface area contributed by atoms with Gasteiger partial charge in [0.15, 0.2) is 0 Å². The van der Waals surface area contributed by atoms with Gasteiger partial charge in [0.2, 0.25) is 0 Å². The van der Waals surface area contributed by atoms with Gasteiger partial charge in [-0.1, -0.05) is 30.3 Å². The van der Waals surface area contributed by atoms with Crippen molar-refractivity contribution < 1.29 is 4.74 Å². The normalized spacial score (nSPS) is 24.2. The third-order valence-corrected chi connectivity index (χ3v) is 5.26. The Morgan fingerprint density at radius 3 is 2.88 bits per heavy atom. The molecule has 3 N–H and O–H groups in total. The van der Waals surface area contributed by atoms with E-state index in [0.29, 0.717) is 18.7 Å². The number of hydrogen-bond acceptors (Lipinski definition) is 6. The van der Waals surface area contributed by atoms with Gasteiger partial charge in [0.05, 0.1) is 25.0 Å². The Morgan fingerprint density at radius 1 is 1.27 bits per heavy atom. The van der Waals surface area contributed by atoms with Gasteiger partial charge in [-0.25, -0.2) is 0 Å². The van der Waals surface area contributed by atoms with Gasteiger partial charge in [0.1, 0.15) is 0 Å². The Morgan fingerprint density at radius 2 is 2.12 bits per heavy atom. The molecule has 6 heteroatoms. The van der Waals surface area contributed by atoms with Gasteiger partial charge < -0.3 is 25.6 Å². The fourth-order valence-electron chi connectivity index (χ4n) is 3.69. The van der Waals surface area contributed by atoms with Crippen molar-refractivity contribution >= 4 is 0 Å². The molecule has 1 aromatic rings. The third kappa shape index (κ3) is 5.20. The molecule has 0 aromatic heterocycles. The van der Waals surface area contributed by atoms with Crippen LogP contribution >= 0.6 is 0 Å². The number of rotatable bonds is 8. The van der Waals surface area contributed by atoms with Gasteiger partial charge in [-0.2, -0.15) is 0 Å². The zero-order valence-electron chi connectivity index (χ0n) is 16.1. The average molecular weight is 360 g/mol. The van der Waals surface area contributed by atoms with E-state index >= 15 is 0 Å². The molecule has 0 amide bonds. The molecule has 1 saturated heterocycles. The van der Waals surface area contributed by atoms with Crippen LogP contribution in [0.1, 0.15) is 5.56 Å². The number of nitrogens with one attached hydrogen (secondary N) is 3. The Labute approximate surface area is 157 Å². The van der Waals surface area contributed by atoms with Crippen molar-refractivity contribution in [3.8, 4) is 0 Å². The second-order valence-electron chi connectivity index (χ2n) is 7.17. The maximum atomic E-state index is 5.73. The summed E-state index contributed by atoms with van der Waals surface area (Å²) in [5.41, 5.74) is 2.61. The third-order valence-electron chi connectivity index (χ3n) is 5.26. The van der Waals surface area contributed by atoms with Crippen LogP contribution in [0.3, 0.4) is 0 Å². The quantitative estimate of drug-likeness (QED) is 0.586. The van der Waals surface area contributed by atoms with Crippen LogP contribution in [0.5, 0.6) is 0 Å². The van der Waals surface area contributed by atoms with Crippen molar-refractivity contribution in [2.75, 3.05) is 60.0 Å². The van der Waals surface area contributed by atoms with Crippen molar-refractivity contribution in [1.29, 1.82) is 0 Å². The zero-order chi connectivity index (χ0) is 18.2. The number of ether oxygens (including phenoxy) is 1. The first-order valence-corrected chi connectivity index (χ1v) is 9.65. The van der Waals surface area contributed by atoms with Gasteiger partial charge in [0, 0.05) is 58.6 Å². The lowest BCUT2D eigenvalue weighted by atomic mass is 10.0. The molecule has 26 heavy (non-hydrogen) atoms. The molecule has 0 radical (unpaired) electrons. The fraction of sp³-hybridized carbons (Fsp3) is 0.600. The summed E-state index contributed by atoms with van der Waals surface area (Å²) in [6.45, 7) is 7.47. The highest BCUT2D eigenvalue weighted by atomic mass is 16.5. The van der Waals surface area contributed by atoms with Crippen LogP contribution in [0, 0.1) is 0 Å². The van der Waals surface area contributed by atoms with Crippen molar-refractivity contribution in [3.05, 3.63) is 47.8 Å². The summed E-state index contributed by atoms with van der Waals surface area (Å²) < 4.78 is 5.73. The molecular weight excluding hydrogens is 326 g/mol. The summed E-state index contributed by atoms with van der Waals surface area (Å²) in [6, 6.07) is 11.7. The maximum absolute atomic E-state index is 5.73. The Balaban J connectivity index is 1.57. The van der Waals surface area contributed by atoms with Crippen LogP contribution in [0.25, 0.3) is 0 Å². The van der Waals surface area contributed by atoms with E-state index in [2.05, 4.69) is 69.3 Å². The zero-order valence-corrected chi connectivity index (χ0v) is 16.1. The van der Waals surface area contributed by atoms with Gasteiger partial charge >= 0.3 is 0 Å². The lowest BCUT2D eigenvalue weighted by molar-refractivity contribution is 0.0959. The first-order chi connectivity index (χ1) is 12.8. The monoisotopic (exact) mass is 359 g/mol. The number of likely N-dealkylation sites (N-methyl/N-ethyl adjacent to an activating group) is 2. The molecule has 2 atom stereocenters. The van der Waals surface area contributed by atoms with E-state index in [9.17, 15) is 0 Å². The first-order valence-electron chi connectivity index (χ1n) is 9.65. The van der Waals surface area contributed by atoms with Crippen LogP contribution in [-0.2, 0) is 11.3 Å². The molecule has 2 heterocycles. The summed E-state index contributed by atoms with van der Waals surface area (Å²) in [6.07, 6.45) is 2.14.